The monoisotopic (exact) mass is 216 g/mol. The van der Waals surface area contributed by atoms with E-state index in [-0.39, 0.29) is 5.78 Å². The van der Waals surface area contributed by atoms with Crippen LogP contribution in [0.5, 0.6) is 0 Å². The third-order valence-electron chi connectivity index (χ3n) is 1.83. The van der Waals surface area contributed by atoms with Crippen LogP contribution in [0.2, 0.25) is 5.02 Å². The molecule has 0 heterocycles. The maximum absolute atomic E-state index is 11.5. The van der Waals surface area contributed by atoms with Crippen molar-refractivity contribution in [1.29, 1.82) is 0 Å². The van der Waals surface area contributed by atoms with Gasteiger partial charge in [0.25, 0.3) is 0 Å². The summed E-state index contributed by atoms with van der Waals surface area (Å²) in [6, 6.07) is 5.22. The molecule has 0 N–H and O–H groups in total. The third-order valence-corrected chi connectivity index (χ3v) is 2.26. The Labute approximate surface area is 87.7 Å². The van der Waals surface area contributed by atoms with Crippen LogP contribution in [0.1, 0.15) is 22.8 Å². The van der Waals surface area contributed by atoms with Gasteiger partial charge in [-0.15, -0.1) is 11.6 Å². The fourth-order valence-corrected chi connectivity index (χ4v) is 1.36. The highest BCUT2D eigenvalue weighted by Crippen LogP contribution is 2.18. The van der Waals surface area contributed by atoms with Crippen LogP contribution in [0.15, 0.2) is 18.2 Å². The number of aryl methyl sites for hydroxylation is 1. The lowest BCUT2D eigenvalue weighted by Gasteiger charge is -2.06. The van der Waals surface area contributed by atoms with Crippen molar-refractivity contribution in [2.24, 2.45) is 0 Å². The molecule has 0 saturated heterocycles. The molecule has 1 nitrogen and oxygen atoms in total. The van der Waals surface area contributed by atoms with Crippen molar-refractivity contribution < 1.29 is 4.79 Å². The Balaban J connectivity index is 3.13. The first-order chi connectivity index (χ1) is 6.02. The molecule has 1 aromatic rings. The number of alkyl halides is 1. The van der Waals surface area contributed by atoms with Gasteiger partial charge in [0.2, 0.25) is 0 Å². The van der Waals surface area contributed by atoms with Gasteiger partial charge >= 0.3 is 0 Å². The van der Waals surface area contributed by atoms with E-state index >= 15 is 0 Å². The summed E-state index contributed by atoms with van der Waals surface area (Å²) in [5, 5.41) is 0.0587. The summed E-state index contributed by atoms with van der Waals surface area (Å²) in [5.41, 5.74) is 1.51. The average Bonchev–Trinajstić information content (AvgIpc) is 2.08. The Morgan fingerprint density at radius 3 is 2.62 bits per heavy atom. The van der Waals surface area contributed by atoms with Crippen LogP contribution in [0.25, 0.3) is 0 Å². The number of rotatable bonds is 2. The summed E-state index contributed by atoms with van der Waals surface area (Å²) >= 11 is 11.5. The van der Waals surface area contributed by atoms with E-state index in [1.54, 1.807) is 19.1 Å². The average molecular weight is 217 g/mol. The highest BCUT2D eigenvalue weighted by Gasteiger charge is 2.14. The zero-order valence-corrected chi connectivity index (χ0v) is 8.99. The minimum atomic E-state index is -0.503. The first-order valence-corrected chi connectivity index (χ1v) is 4.78. The number of hydrogen-bond donors (Lipinski definition) is 0. The van der Waals surface area contributed by atoms with Gasteiger partial charge in [0.15, 0.2) is 5.78 Å². The van der Waals surface area contributed by atoms with Crippen LogP contribution in [0.3, 0.4) is 0 Å². The number of ketones is 1. The van der Waals surface area contributed by atoms with Gasteiger partial charge in [0, 0.05) is 10.6 Å². The minimum Gasteiger partial charge on any atom is -0.293 e. The molecule has 1 rings (SSSR count). The quantitative estimate of drug-likeness (QED) is 0.547. The molecule has 13 heavy (non-hydrogen) atoms. The molecule has 0 aliphatic carbocycles. The topological polar surface area (TPSA) is 17.1 Å². The molecule has 70 valence electrons. The van der Waals surface area contributed by atoms with Crippen LogP contribution >= 0.6 is 23.2 Å². The van der Waals surface area contributed by atoms with Crippen LogP contribution in [0, 0.1) is 6.92 Å². The zero-order chi connectivity index (χ0) is 10.0. The molecule has 1 aromatic carbocycles. The molecule has 1 atom stereocenters. The van der Waals surface area contributed by atoms with Gasteiger partial charge in [-0.05, 0) is 31.5 Å². The molecular weight excluding hydrogens is 207 g/mol. The molecule has 1 unspecified atom stereocenters. The predicted octanol–water partition coefficient (Wildman–Crippen LogP) is 3.46. The first-order valence-electron chi connectivity index (χ1n) is 3.97. The predicted molar refractivity (Wildman–Crippen MR) is 55.8 cm³/mol. The second-order valence-corrected chi connectivity index (χ2v) is 4.03. The Hall–Kier alpha value is -0.530. The van der Waals surface area contributed by atoms with E-state index in [0.29, 0.717) is 10.6 Å². The summed E-state index contributed by atoms with van der Waals surface area (Å²) in [5.74, 6) is -0.0818. The van der Waals surface area contributed by atoms with Crippen LogP contribution in [-0.4, -0.2) is 11.2 Å². The summed E-state index contributed by atoms with van der Waals surface area (Å²) in [6.07, 6.45) is 0. The van der Waals surface area contributed by atoms with E-state index in [2.05, 4.69) is 0 Å². The Morgan fingerprint density at radius 2 is 2.08 bits per heavy atom. The van der Waals surface area contributed by atoms with E-state index in [1.807, 2.05) is 13.0 Å². The van der Waals surface area contributed by atoms with Gasteiger partial charge in [-0.3, -0.25) is 4.79 Å². The Bertz CT molecular complexity index is 332. The molecule has 0 spiro atoms. The van der Waals surface area contributed by atoms with Crippen molar-refractivity contribution in [3.05, 3.63) is 34.3 Å². The zero-order valence-electron chi connectivity index (χ0n) is 7.47. The first kappa shape index (κ1) is 10.6. The van der Waals surface area contributed by atoms with Crippen molar-refractivity contribution in [3.8, 4) is 0 Å². The van der Waals surface area contributed by atoms with Gasteiger partial charge in [0.1, 0.15) is 0 Å². The lowest BCUT2D eigenvalue weighted by molar-refractivity contribution is 0.0991. The Kier molecular flexibility index (Phi) is 3.34. The summed E-state index contributed by atoms with van der Waals surface area (Å²) in [7, 11) is 0. The highest BCUT2D eigenvalue weighted by molar-refractivity contribution is 6.34. The molecule has 0 aliphatic heterocycles. The molecule has 3 heteroatoms. The van der Waals surface area contributed by atoms with Crippen LogP contribution in [-0.2, 0) is 0 Å². The van der Waals surface area contributed by atoms with Gasteiger partial charge in [0.05, 0.1) is 5.38 Å². The second kappa shape index (κ2) is 4.12. The maximum atomic E-state index is 11.5. The lowest BCUT2D eigenvalue weighted by Crippen LogP contribution is -2.11. The molecule has 0 amide bonds. The fraction of sp³-hybridized carbons (Fsp3) is 0.300. The third kappa shape index (κ3) is 2.45. The molecule has 0 aromatic heterocycles. The molecule has 0 radical (unpaired) electrons. The van der Waals surface area contributed by atoms with Crippen molar-refractivity contribution >= 4 is 29.0 Å². The number of hydrogen-bond acceptors (Lipinski definition) is 1. The number of benzene rings is 1. The minimum absolute atomic E-state index is 0.0818. The lowest BCUT2D eigenvalue weighted by atomic mass is 10.0. The number of Topliss-reactive ketones (excluding diaryl/α,β-unsaturated/α-hetero) is 1. The van der Waals surface area contributed by atoms with Gasteiger partial charge in [-0.1, -0.05) is 17.7 Å². The van der Waals surface area contributed by atoms with Crippen LogP contribution < -0.4 is 0 Å². The van der Waals surface area contributed by atoms with E-state index in [1.165, 1.54) is 0 Å². The van der Waals surface area contributed by atoms with Crippen molar-refractivity contribution in [3.63, 3.8) is 0 Å². The molecule has 0 aliphatic rings. The smallest absolute Gasteiger partial charge is 0.180 e. The fourth-order valence-electron chi connectivity index (χ4n) is 1.07. The highest BCUT2D eigenvalue weighted by atomic mass is 35.5. The van der Waals surface area contributed by atoms with Crippen molar-refractivity contribution in [1.82, 2.24) is 0 Å². The van der Waals surface area contributed by atoms with Gasteiger partial charge in [-0.25, -0.2) is 0 Å². The molecular formula is C10H10Cl2O. The largest absolute Gasteiger partial charge is 0.293 e. The molecule has 0 fully saturated rings. The van der Waals surface area contributed by atoms with Gasteiger partial charge < -0.3 is 0 Å². The van der Waals surface area contributed by atoms with E-state index in [9.17, 15) is 4.79 Å². The summed E-state index contributed by atoms with van der Waals surface area (Å²) in [6.45, 7) is 3.52. The molecule has 0 saturated carbocycles. The SMILES string of the molecule is Cc1ccc(Cl)cc1C(=O)C(C)Cl. The van der Waals surface area contributed by atoms with E-state index in [0.717, 1.165) is 5.56 Å². The van der Waals surface area contributed by atoms with Crippen LogP contribution in [0.4, 0.5) is 0 Å². The number of carbonyl (C=O) groups excluding carboxylic acids is 1. The Morgan fingerprint density at radius 1 is 1.46 bits per heavy atom. The van der Waals surface area contributed by atoms with Crippen molar-refractivity contribution in [2.45, 2.75) is 19.2 Å². The summed E-state index contributed by atoms with van der Waals surface area (Å²) < 4.78 is 0. The van der Waals surface area contributed by atoms with Crippen molar-refractivity contribution in [2.75, 3.05) is 0 Å². The molecule has 0 bridgehead atoms. The maximum Gasteiger partial charge on any atom is 0.180 e. The number of halogens is 2. The number of carbonyl (C=O) groups is 1. The van der Waals surface area contributed by atoms with Gasteiger partial charge in [-0.2, -0.15) is 0 Å². The summed E-state index contributed by atoms with van der Waals surface area (Å²) in [4.78, 5) is 11.5. The normalized spacial score (nSPS) is 12.6. The van der Waals surface area contributed by atoms with E-state index < -0.39 is 5.38 Å². The second-order valence-electron chi connectivity index (χ2n) is 2.94. The van der Waals surface area contributed by atoms with E-state index in [4.69, 9.17) is 23.2 Å². The standard InChI is InChI=1S/C10H10Cl2O/c1-6-3-4-8(12)5-9(6)10(13)7(2)11/h3-5,7H,1-2H3.